The number of nitrogens with zero attached hydrogens (tertiary/aromatic N) is 4. The van der Waals surface area contributed by atoms with Gasteiger partial charge in [0.15, 0.2) is 0 Å². The number of hydrogen-bond acceptors (Lipinski definition) is 16. The van der Waals surface area contributed by atoms with E-state index in [1.165, 1.54) is 16.5 Å². The smallest absolute Gasteiger partial charge is 0.632 e. The molecule has 84 heavy (non-hydrogen) atoms. The first kappa shape index (κ1) is 75.2. The van der Waals surface area contributed by atoms with Crippen LogP contribution < -0.4 is 22.3 Å². The topological polar surface area (TPSA) is 383 Å². The predicted octanol–water partition coefficient (Wildman–Crippen LogP) is 7.60. The van der Waals surface area contributed by atoms with Crippen LogP contribution in [0, 0.1) is 23.7 Å². The van der Waals surface area contributed by atoms with Crippen LogP contribution in [-0.2, 0) is 138 Å². The number of rotatable bonds is 8. The molecule has 4 aromatic heterocycles. The Kier molecular flexibility index (Phi) is 34.8. The third kappa shape index (κ3) is 23.0. The van der Waals surface area contributed by atoms with Gasteiger partial charge in [0.05, 0.1) is 74.5 Å². The average Bonchev–Trinajstić information content (AvgIpc) is 4.34. The van der Waals surface area contributed by atoms with Gasteiger partial charge in [-0.15, -0.1) is 0 Å². The van der Waals surface area contributed by atoms with E-state index in [1.54, 1.807) is 12.4 Å². The van der Waals surface area contributed by atoms with E-state index in [9.17, 15) is 38.4 Å². The summed E-state index contributed by atoms with van der Waals surface area (Å²) < 4.78 is 15.1. The molecule has 0 bridgehead atoms. The molecule has 0 saturated heterocycles. The Morgan fingerprint density at radius 2 is 0.881 bits per heavy atom. The van der Waals surface area contributed by atoms with Crippen molar-refractivity contribution < 1.29 is 132 Å². The van der Waals surface area contributed by atoms with Crippen LogP contribution in [-0.4, -0.2) is 117 Å². The van der Waals surface area contributed by atoms with Gasteiger partial charge in [0.2, 0.25) is 24.4 Å². The Balaban J connectivity index is 0.000000614. The Morgan fingerprint density at radius 1 is 0.476 bits per heavy atom. The maximum atomic E-state index is 10.7. The summed E-state index contributed by atoms with van der Waals surface area (Å²) in [6.07, 6.45) is 2.88. The molecule has 0 fully saturated rings. The van der Waals surface area contributed by atoms with Gasteiger partial charge in [-0.05, 0) is 101 Å². The molecule has 8 N–H and O–H groups in total. The van der Waals surface area contributed by atoms with Crippen molar-refractivity contribution in [3.63, 3.8) is 0 Å². The molecule has 4 amide bonds. The van der Waals surface area contributed by atoms with Gasteiger partial charge in [0.25, 0.3) is 0 Å². The van der Waals surface area contributed by atoms with E-state index < -0.39 is 24.4 Å². The quantitative estimate of drug-likeness (QED) is 0.0492. The molecule has 4 radical (unpaired) electrons. The number of ether oxygens (including phenoxy) is 4. The van der Waals surface area contributed by atoms with Crippen molar-refractivity contribution in [2.75, 3.05) is 28.4 Å². The van der Waals surface area contributed by atoms with Crippen LogP contribution >= 0.6 is 34.3 Å². The van der Waals surface area contributed by atoms with E-state index in [2.05, 4.69) is 131 Å². The fraction of sp³-hybridized carbons (Fsp3) is 0.154. The molecule has 424 valence electrons. The van der Waals surface area contributed by atoms with Crippen LogP contribution in [0.25, 0.3) is 67.0 Å². The molecule has 2 aliphatic rings. The number of imidazole rings is 4. The number of aromatic nitrogens is 8. The summed E-state index contributed by atoms with van der Waals surface area (Å²) in [7, 11) is 4.29. The normalized spacial score (nSPS) is 10.7. The third-order valence-corrected chi connectivity index (χ3v) is 13.1. The van der Waals surface area contributed by atoms with Crippen molar-refractivity contribution in [2.45, 2.75) is 25.7 Å². The average molecular weight is 1360 g/mol. The van der Waals surface area contributed by atoms with Gasteiger partial charge in [-0.2, -0.15) is 34.3 Å². The van der Waals surface area contributed by atoms with Gasteiger partial charge in [0.1, 0.15) is 11.4 Å². The number of aromatic amines is 4. The summed E-state index contributed by atoms with van der Waals surface area (Å²) in [5.41, 5.74) is 38.4. The van der Waals surface area contributed by atoms with E-state index >= 15 is 0 Å². The molecular weight excluding hydrogens is 1310 g/mol. The SMILES string of the molecule is COC([NH-])=O.COC([NH-])=O.COC([NH-])=O.COC([NH-])=O.O=[C-]Pc1ncc(C#Cc2ccc3c4c(ccc3c2)-c2nc(P[C-]=O)[nH]c2CC4)[nH]1.O=[C-]Pc1ncc(C#Cc2ccc3cc4c(cc3c2)CCc2[nH]c(P[C-]=O)nc2-4)[nH]1.[V+2].[V+2].[V+2].[V+2]. The van der Waals surface area contributed by atoms with E-state index in [-0.39, 0.29) is 109 Å². The van der Waals surface area contributed by atoms with E-state index in [4.69, 9.17) is 22.9 Å². The molecule has 8 aromatic rings. The number of carbonyl (C=O) groups excluding carboxylic acids is 8. The number of H-pyrrole nitrogens is 4. The molecule has 4 heterocycles. The first-order valence-electron chi connectivity index (χ1n) is 22.7. The summed E-state index contributed by atoms with van der Waals surface area (Å²) in [6.45, 7) is 0. The van der Waals surface area contributed by atoms with Gasteiger partial charge in [-0.1, -0.05) is 42.2 Å². The zero-order valence-corrected chi connectivity index (χ0v) is 53.8. The van der Waals surface area contributed by atoms with Gasteiger partial charge in [0, 0.05) is 33.6 Å². The number of methoxy groups -OCH3 is 4. The summed E-state index contributed by atoms with van der Waals surface area (Å²) in [5.74, 6) is 12.4. The zero-order valence-electron chi connectivity index (χ0n) is 44.2. The number of carbonyl (C=O) groups is 4. The van der Waals surface area contributed by atoms with Crippen LogP contribution in [0.15, 0.2) is 73.1 Å². The van der Waals surface area contributed by atoms with Crippen molar-refractivity contribution in [2.24, 2.45) is 0 Å². The minimum atomic E-state index is -0.995. The van der Waals surface area contributed by atoms with Gasteiger partial charge in [-0.25, -0.2) is 44.0 Å². The number of amides is 4. The number of nitrogens with one attached hydrogen (secondary N) is 8. The summed E-state index contributed by atoms with van der Waals surface area (Å²) >= 11 is 0. The number of benzene rings is 4. The van der Waals surface area contributed by atoms with Crippen LogP contribution in [0.2, 0.25) is 0 Å². The van der Waals surface area contributed by atoms with Crippen molar-refractivity contribution in [3.8, 4) is 46.2 Å². The van der Waals surface area contributed by atoms with E-state index in [1.807, 2.05) is 36.2 Å². The standard InChI is InChI=1S/2C22H14N4O2P2.4C2H5NO2.4V/c27-11-29-21-23-10-15(24-21)4-1-13-2-5-16-14(9-13)3-6-18-17(16)7-8-19-20(18)26-22(25-19)30-12-28;27-11-29-21-23-10-17(24-21)5-2-13-1-3-14-9-18-15(8-16(14)7-13)4-6-19-20(18)26-22(25-19)30-12-28;4*1-5-2(3)4;;;;/h2-3,5-6,9-10,29-30H,7-8H2,(H,23,24)(H,25,26);1,3,7-10,29-30H,4,6H2,(H,23,24)(H,25,26);4*1H3,(H2,3,4);;;;/q2*-2;;;;;4*+2/p-4. The largest absolute Gasteiger partial charge is 2.00 e. The number of fused-ring (bicyclic) bond motifs is 9. The maximum Gasteiger partial charge on any atom is 2.00 e. The molecule has 10 rings (SSSR count). The first-order valence-corrected chi connectivity index (χ1v) is 26.7. The number of hydrogen-bond donors (Lipinski definition) is 4. The summed E-state index contributed by atoms with van der Waals surface area (Å²) in [6, 6.07) is 28.4. The molecule has 0 saturated carbocycles. The Labute approximate surface area is 535 Å². The predicted molar refractivity (Wildman–Crippen MR) is 308 cm³/mol. The molecule has 4 aromatic carbocycles. The molecule has 4 unspecified atom stereocenters. The zero-order chi connectivity index (χ0) is 58.1. The van der Waals surface area contributed by atoms with Crippen molar-refractivity contribution in [1.29, 1.82) is 0 Å². The van der Waals surface area contributed by atoms with Crippen LogP contribution in [0.1, 0.15) is 45.0 Å². The molecule has 0 spiro atoms. The Bertz CT molecular complexity index is 3530. The monoisotopic (exact) mass is 1360 g/mol. The second kappa shape index (κ2) is 38.9. The Morgan fingerprint density at radius 3 is 1.33 bits per heavy atom. The van der Waals surface area contributed by atoms with Gasteiger partial charge < -0.3 is 81.0 Å². The van der Waals surface area contributed by atoms with Crippen molar-refractivity contribution in [3.05, 3.63) is 141 Å². The van der Waals surface area contributed by atoms with Gasteiger partial charge in [-0.3, -0.25) is 19.2 Å². The van der Waals surface area contributed by atoms with Crippen LogP contribution in [0.3, 0.4) is 0 Å². The summed E-state index contributed by atoms with van der Waals surface area (Å²) in [5, 5.41) is 4.58. The second-order valence-electron chi connectivity index (χ2n) is 15.6. The maximum absolute atomic E-state index is 10.7. The number of aryl methyl sites for hydroxylation is 4. The Hall–Kier alpha value is -6.82. The minimum Gasteiger partial charge on any atom is -0.632 e. The summed E-state index contributed by atoms with van der Waals surface area (Å²) in [4.78, 5) is 109. The fourth-order valence-electron chi connectivity index (χ4n) is 7.44. The molecule has 24 nitrogen and oxygen atoms in total. The van der Waals surface area contributed by atoms with E-state index in [0.717, 1.165) is 115 Å². The minimum absolute atomic E-state index is 0. The first-order chi connectivity index (χ1) is 38.6. The van der Waals surface area contributed by atoms with Crippen molar-refractivity contribution in [1.82, 2.24) is 39.9 Å². The van der Waals surface area contributed by atoms with Crippen molar-refractivity contribution >= 4 is 127 Å². The second-order valence-corrected chi connectivity index (χ2v) is 19.3. The molecule has 0 aliphatic heterocycles. The van der Waals surface area contributed by atoms with E-state index in [0.29, 0.717) is 33.6 Å². The molecule has 4 atom stereocenters. The molecule has 32 heteroatoms. The molecule has 2 aliphatic carbocycles. The van der Waals surface area contributed by atoms with Gasteiger partial charge >= 0.3 is 74.2 Å². The fourth-order valence-corrected chi connectivity index (χ4v) is 9.24. The van der Waals surface area contributed by atoms with Crippen LogP contribution in [0.4, 0.5) is 19.2 Å². The molecular formula is C52H44N12O12P4V4. The van der Waals surface area contributed by atoms with Crippen LogP contribution in [0.5, 0.6) is 0 Å². The third-order valence-electron chi connectivity index (χ3n) is 10.8.